The number of ether oxygens (including phenoxy) is 2. The zero-order chi connectivity index (χ0) is 15.0. The summed E-state index contributed by atoms with van der Waals surface area (Å²) < 4.78 is 34.8. The summed E-state index contributed by atoms with van der Waals surface area (Å²) in [4.78, 5) is 0. The molecule has 0 saturated carbocycles. The Morgan fingerprint density at radius 2 is 1.85 bits per heavy atom. The van der Waals surface area contributed by atoms with Crippen molar-refractivity contribution in [2.24, 2.45) is 0 Å². The van der Waals surface area contributed by atoms with Crippen LogP contribution in [0.4, 0.5) is 8.78 Å². The van der Waals surface area contributed by atoms with Gasteiger partial charge in [-0.2, -0.15) is 0 Å². The molecule has 0 aliphatic rings. The van der Waals surface area contributed by atoms with Crippen molar-refractivity contribution in [3.8, 4) is 5.75 Å². The van der Waals surface area contributed by atoms with Gasteiger partial charge in [0.05, 0.1) is 19.3 Å². The van der Waals surface area contributed by atoms with Crippen molar-refractivity contribution >= 4 is 0 Å². The van der Waals surface area contributed by atoms with Gasteiger partial charge in [0.1, 0.15) is 12.4 Å². The van der Waals surface area contributed by atoms with Gasteiger partial charge in [0.2, 0.25) is 0 Å². The van der Waals surface area contributed by atoms with Crippen LogP contribution in [0.1, 0.15) is 31.9 Å². The van der Waals surface area contributed by atoms with E-state index in [1.807, 2.05) is 24.3 Å². The zero-order valence-electron chi connectivity index (χ0n) is 12.2. The average Bonchev–Trinajstić information content (AvgIpc) is 2.46. The summed E-state index contributed by atoms with van der Waals surface area (Å²) in [6.07, 6.45) is -1.81. The first-order valence-corrected chi connectivity index (χ1v) is 6.85. The second kappa shape index (κ2) is 8.87. The van der Waals surface area contributed by atoms with Gasteiger partial charge in [-0.25, -0.2) is 8.78 Å². The van der Waals surface area contributed by atoms with Crippen molar-refractivity contribution in [3.63, 3.8) is 0 Å². The van der Waals surface area contributed by atoms with Gasteiger partial charge < -0.3 is 14.8 Å². The van der Waals surface area contributed by atoms with E-state index in [1.165, 1.54) is 0 Å². The summed E-state index contributed by atoms with van der Waals surface area (Å²) in [6, 6.07) is 7.45. The van der Waals surface area contributed by atoms with Gasteiger partial charge in [-0.1, -0.05) is 19.1 Å². The molecule has 1 aromatic rings. The fraction of sp³-hybridized carbons (Fsp3) is 0.600. The van der Waals surface area contributed by atoms with Gasteiger partial charge in [-0.15, -0.1) is 0 Å². The van der Waals surface area contributed by atoms with Crippen LogP contribution in [0.25, 0.3) is 0 Å². The summed E-state index contributed by atoms with van der Waals surface area (Å²) in [5, 5.41) is 3.34. The minimum atomic E-state index is -2.44. The molecule has 1 aromatic carbocycles. The molecule has 1 rings (SSSR count). The van der Waals surface area contributed by atoms with Crippen LogP contribution in [0.5, 0.6) is 5.75 Å². The third kappa shape index (κ3) is 5.43. The van der Waals surface area contributed by atoms with E-state index in [4.69, 9.17) is 9.47 Å². The lowest BCUT2D eigenvalue weighted by atomic mass is 10.0. The normalized spacial score (nSPS) is 14.3. The minimum Gasteiger partial charge on any atom is -0.497 e. The van der Waals surface area contributed by atoms with Crippen LogP contribution < -0.4 is 10.1 Å². The summed E-state index contributed by atoms with van der Waals surface area (Å²) in [6.45, 7) is 4.13. The second-order valence-electron chi connectivity index (χ2n) is 4.63. The van der Waals surface area contributed by atoms with Gasteiger partial charge in [0.15, 0.2) is 0 Å². The van der Waals surface area contributed by atoms with Crippen LogP contribution in [0, 0.1) is 0 Å². The lowest BCUT2D eigenvalue weighted by Gasteiger charge is -2.26. The van der Waals surface area contributed by atoms with Crippen LogP contribution in [-0.2, 0) is 4.74 Å². The molecular formula is C15H23F2NO2. The van der Waals surface area contributed by atoms with Crippen LogP contribution >= 0.6 is 0 Å². The molecule has 0 aliphatic heterocycles. The van der Waals surface area contributed by atoms with Crippen molar-refractivity contribution in [3.05, 3.63) is 29.8 Å². The van der Waals surface area contributed by atoms with E-state index >= 15 is 0 Å². The predicted octanol–water partition coefficient (Wildman–Crippen LogP) is 3.41. The maximum absolute atomic E-state index is 12.2. The highest BCUT2D eigenvalue weighted by Crippen LogP contribution is 2.22. The molecule has 114 valence electrons. The molecule has 0 amide bonds. The van der Waals surface area contributed by atoms with E-state index in [0.29, 0.717) is 0 Å². The van der Waals surface area contributed by atoms with Gasteiger partial charge >= 0.3 is 0 Å². The molecule has 1 N–H and O–H groups in total. The van der Waals surface area contributed by atoms with E-state index in [1.54, 1.807) is 14.0 Å². The number of benzene rings is 1. The molecule has 0 heterocycles. The third-order valence-corrected chi connectivity index (χ3v) is 3.04. The van der Waals surface area contributed by atoms with E-state index in [2.05, 4.69) is 12.2 Å². The van der Waals surface area contributed by atoms with Crippen molar-refractivity contribution in [2.75, 3.05) is 20.3 Å². The fourth-order valence-electron chi connectivity index (χ4n) is 1.99. The second-order valence-corrected chi connectivity index (χ2v) is 4.63. The van der Waals surface area contributed by atoms with Gasteiger partial charge in [-0.05, 0) is 37.6 Å². The standard InChI is InChI=1S/C15H23F2NO2/c1-4-9-18-15(11(2)20-10-14(16)17)12-5-7-13(19-3)8-6-12/h5-8,11,14-15,18H,4,9-10H2,1-3H3. The molecule has 0 fully saturated rings. The zero-order valence-corrected chi connectivity index (χ0v) is 12.2. The summed E-state index contributed by atoms with van der Waals surface area (Å²) in [7, 11) is 1.61. The topological polar surface area (TPSA) is 30.5 Å². The fourth-order valence-corrected chi connectivity index (χ4v) is 1.99. The number of alkyl halides is 2. The quantitative estimate of drug-likeness (QED) is 0.755. The molecule has 20 heavy (non-hydrogen) atoms. The van der Waals surface area contributed by atoms with Crippen LogP contribution in [-0.4, -0.2) is 32.8 Å². The summed E-state index contributed by atoms with van der Waals surface area (Å²) in [5.74, 6) is 0.768. The molecule has 2 unspecified atom stereocenters. The maximum Gasteiger partial charge on any atom is 0.261 e. The lowest BCUT2D eigenvalue weighted by molar-refractivity contribution is -0.0308. The highest BCUT2D eigenvalue weighted by Gasteiger charge is 2.20. The van der Waals surface area contributed by atoms with Crippen molar-refractivity contribution in [1.82, 2.24) is 5.32 Å². The van der Waals surface area contributed by atoms with Gasteiger partial charge in [-0.3, -0.25) is 0 Å². The van der Waals surface area contributed by atoms with Gasteiger partial charge in [0.25, 0.3) is 6.43 Å². The van der Waals surface area contributed by atoms with Crippen molar-refractivity contribution in [1.29, 1.82) is 0 Å². The van der Waals surface area contributed by atoms with Crippen LogP contribution in [0.2, 0.25) is 0 Å². The summed E-state index contributed by atoms with van der Waals surface area (Å²) >= 11 is 0. The molecule has 0 bridgehead atoms. The number of hydrogen-bond donors (Lipinski definition) is 1. The lowest BCUT2D eigenvalue weighted by Crippen LogP contribution is -2.33. The van der Waals surface area contributed by atoms with Crippen LogP contribution in [0.15, 0.2) is 24.3 Å². The Morgan fingerprint density at radius 1 is 1.20 bits per heavy atom. The molecule has 0 aliphatic carbocycles. The number of halogens is 2. The third-order valence-electron chi connectivity index (χ3n) is 3.04. The summed E-state index contributed by atoms with van der Waals surface area (Å²) in [5.41, 5.74) is 1.00. The smallest absolute Gasteiger partial charge is 0.261 e. The Kier molecular flexibility index (Phi) is 7.47. The Labute approximate surface area is 119 Å². The van der Waals surface area contributed by atoms with E-state index < -0.39 is 13.0 Å². The highest BCUT2D eigenvalue weighted by atomic mass is 19.3. The van der Waals surface area contributed by atoms with E-state index in [9.17, 15) is 8.78 Å². The maximum atomic E-state index is 12.2. The first-order chi connectivity index (χ1) is 9.58. The molecular weight excluding hydrogens is 264 g/mol. The molecule has 0 saturated heterocycles. The number of nitrogens with one attached hydrogen (secondary N) is 1. The highest BCUT2D eigenvalue weighted by molar-refractivity contribution is 5.29. The Hall–Kier alpha value is -1.20. The largest absolute Gasteiger partial charge is 0.497 e. The molecule has 0 spiro atoms. The van der Waals surface area contributed by atoms with Crippen molar-refractivity contribution in [2.45, 2.75) is 38.8 Å². The van der Waals surface area contributed by atoms with E-state index in [-0.39, 0.29) is 12.1 Å². The average molecular weight is 287 g/mol. The van der Waals surface area contributed by atoms with Crippen LogP contribution in [0.3, 0.4) is 0 Å². The first kappa shape index (κ1) is 16.9. The van der Waals surface area contributed by atoms with E-state index in [0.717, 1.165) is 24.3 Å². The van der Waals surface area contributed by atoms with Gasteiger partial charge in [0, 0.05) is 0 Å². The Bertz CT molecular complexity index is 371. The Morgan fingerprint density at radius 3 is 2.35 bits per heavy atom. The van der Waals surface area contributed by atoms with Crippen molar-refractivity contribution < 1.29 is 18.3 Å². The number of hydrogen-bond acceptors (Lipinski definition) is 3. The SMILES string of the molecule is CCCNC(c1ccc(OC)cc1)C(C)OCC(F)F. The monoisotopic (exact) mass is 287 g/mol. The molecule has 3 nitrogen and oxygen atoms in total. The molecule has 2 atom stereocenters. The molecule has 0 radical (unpaired) electrons. The Balaban J connectivity index is 2.75. The molecule has 5 heteroatoms. The first-order valence-electron chi connectivity index (χ1n) is 6.85. The number of rotatable bonds is 9. The molecule has 0 aromatic heterocycles. The minimum absolute atomic E-state index is 0.111. The number of methoxy groups -OCH3 is 1. The predicted molar refractivity (Wildman–Crippen MR) is 75.4 cm³/mol.